The number of nitrogens with zero attached hydrogens (tertiary/aromatic N) is 2. The lowest BCUT2D eigenvalue weighted by Crippen LogP contribution is -2.65. The third kappa shape index (κ3) is 3.98. The maximum absolute atomic E-state index is 14.0. The van der Waals surface area contributed by atoms with E-state index in [9.17, 15) is 14.7 Å². The van der Waals surface area contributed by atoms with Crippen molar-refractivity contribution < 1.29 is 19.4 Å². The second-order valence-corrected chi connectivity index (χ2v) is 15.0. The van der Waals surface area contributed by atoms with Crippen molar-refractivity contribution in [2.24, 2.45) is 56.7 Å². The van der Waals surface area contributed by atoms with E-state index in [0.717, 1.165) is 88.4 Å². The quantitative estimate of drug-likeness (QED) is 0.227. The monoisotopic (exact) mass is 564 g/mol. The number of aldehydes is 1. The summed E-state index contributed by atoms with van der Waals surface area (Å²) in [6, 6.07) is 0. The fraction of sp³-hybridized carbons (Fsp3) is 0.800. The summed E-state index contributed by atoms with van der Waals surface area (Å²) in [5.41, 5.74) is -0.386. The zero-order valence-electron chi connectivity index (χ0n) is 26.0. The molecule has 1 N–H and O–H groups in total. The van der Waals surface area contributed by atoms with Crippen LogP contribution in [-0.4, -0.2) is 60.8 Å². The summed E-state index contributed by atoms with van der Waals surface area (Å²) in [7, 11) is 2.16. The van der Waals surface area contributed by atoms with Crippen LogP contribution < -0.4 is 0 Å². The first kappa shape index (κ1) is 29.3. The van der Waals surface area contributed by atoms with E-state index in [1.807, 2.05) is 6.21 Å². The molecular formula is C35H52N2O4. The van der Waals surface area contributed by atoms with Crippen LogP contribution in [0.5, 0.6) is 0 Å². The fourth-order valence-corrected chi connectivity index (χ4v) is 11.3. The van der Waals surface area contributed by atoms with E-state index in [0.29, 0.717) is 24.2 Å². The Hall–Kier alpha value is -1.79. The zero-order chi connectivity index (χ0) is 29.2. The van der Waals surface area contributed by atoms with Gasteiger partial charge in [-0.25, -0.2) is 0 Å². The molecule has 0 aromatic carbocycles. The van der Waals surface area contributed by atoms with Gasteiger partial charge in [-0.05, 0) is 87.5 Å². The zero-order valence-corrected chi connectivity index (χ0v) is 26.0. The molecule has 3 saturated carbocycles. The van der Waals surface area contributed by atoms with Crippen molar-refractivity contribution in [3.05, 3.63) is 23.4 Å². The number of ether oxygens (including phenoxy) is 1. The number of fused-ring (bicyclic) bond motifs is 2. The molecule has 10 atom stereocenters. The number of allylic oxidation sites excluding steroid dienone is 2. The smallest absolute Gasteiger partial charge is 0.315 e. The topological polar surface area (TPSA) is 79.2 Å². The van der Waals surface area contributed by atoms with Crippen LogP contribution in [0.4, 0.5) is 0 Å². The Morgan fingerprint density at radius 1 is 1.27 bits per heavy atom. The second kappa shape index (κ2) is 10.7. The third-order valence-electron chi connectivity index (χ3n) is 12.7. The standard InChI is InChI=1S/C35H52N2O4/c1-6-7-10-24-15-31(41-30(24)20-37(5)19-26-11-8-9-14-36-26)34-18-27-23(4)12-13-28(27)33(21-38)17-25(34)16-29(22(2)3)35(33,34)32(39)40/h11,14,16,21-25,27-28,30-31H,6-10,12-13,15,17-20H2,1-5H3,(H,39,40)/t23-,24?,25?,27-,28-,30?,31?,33?,34?,35?/m1/s1. The summed E-state index contributed by atoms with van der Waals surface area (Å²) < 4.78 is 7.24. The molecular weight excluding hydrogens is 512 g/mol. The number of aliphatic carboxylic acids is 1. The van der Waals surface area contributed by atoms with Crippen LogP contribution in [0.2, 0.25) is 0 Å². The Balaban J connectivity index is 1.39. The molecule has 0 radical (unpaired) electrons. The average molecular weight is 565 g/mol. The van der Waals surface area contributed by atoms with Gasteiger partial charge in [0.05, 0.1) is 17.6 Å². The molecule has 2 aliphatic heterocycles. The molecule has 4 aliphatic carbocycles. The maximum atomic E-state index is 14.0. The summed E-state index contributed by atoms with van der Waals surface area (Å²) in [5, 5.41) is 11.4. The summed E-state index contributed by atoms with van der Waals surface area (Å²) in [6.07, 6.45) is 17.7. The van der Waals surface area contributed by atoms with Crippen molar-refractivity contribution in [2.45, 2.75) is 104 Å². The van der Waals surface area contributed by atoms with E-state index >= 15 is 0 Å². The molecule has 6 rings (SSSR count). The van der Waals surface area contributed by atoms with Crippen LogP contribution in [-0.2, 0) is 14.3 Å². The number of carbonyl (C=O) groups is 2. The fourth-order valence-electron chi connectivity index (χ4n) is 11.3. The molecule has 7 unspecified atom stereocenters. The Kier molecular flexibility index (Phi) is 7.67. The minimum absolute atomic E-state index is 0.0665. The SMILES string of the molecule is CCCCC1CC(C23C[C@@H]4[C@H](C)CC[C@H]4C4(C=O)CC2C=C(C(C)C)C34C(=O)O)OC1CN(C)CC1=CCCC=N1. The molecule has 2 heterocycles. The molecule has 6 aliphatic rings. The largest absolute Gasteiger partial charge is 0.481 e. The van der Waals surface area contributed by atoms with Gasteiger partial charge < -0.3 is 14.6 Å². The lowest BCUT2D eigenvalue weighted by atomic mass is 9.41. The van der Waals surface area contributed by atoms with Gasteiger partial charge in [0.15, 0.2) is 0 Å². The van der Waals surface area contributed by atoms with E-state index in [2.05, 4.69) is 56.8 Å². The van der Waals surface area contributed by atoms with Crippen molar-refractivity contribution in [3.8, 4) is 0 Å². The Labute approximate surface area is 247 Å². The van der Waals surface area contributed by atoms with Gasteiger partial charge in [-0.1, -0.05) is 64.7 Å². The second-order valence-electron chi connectivity index (χ2n) is 15.0. The van der Waals surface area contributed by atoms with Gasteiger partial charge in [0.2, 0.25) is 0 Å². The van der Waals surface area contributed by atoms with Gasteiger partial charge in [0.25, 0.3) is 0 Å². The van der Waals surface area contributed by atoms with Gasteiger partial charge in [0.1, 0.15) is 11.7 Å². The first-order chi connectivity index (χ1) is 19.7. The van der Waals surface area contributed by atoms with Gasteiger partial charge in [-0.3, -0.25) is 14.7 Å². The minimum atomic E-state index is -1.16. The number of rotatable bonds is 11. The van der Waals surface area contributed by atoms with E-state index in [-0.39, 0.29) is 30.0 Å². The van der Waals surface area contributed by atoms with Gasteiger partial charge in [-0.2, -0.15) is 0 Å². The number of carboxylic acid groups (broad SMARTS) is 1. The summed E-state index contributed by atoms with van der Waals surface area (Å²) in [4.78, 5) is 34.4. The van der Waals surface area contributed by atoms with E-state index in [1.54, 1.807) is 0 Å². The predicted octanol–water partition coefficient (Wildman–Crippen LogP) is 6.56. The number of hydrogen-bond donors (Lipinski definition) is 1. The van der Waals surface area contributed by atoms with Crippen LogP contribution in [0.15, 0.2) is 28.4 Å². The molecule has 0 aromatic rings. The molecule has 4 fully saturated rings. The number of hydrogen-bond acceptors (Lipinski definition) is 5. The van der Waals surface area contributed by atoms with Crippen molar-refractivity contribution in [2.75, 3.05) is 20.1 Å². The van der Waals surface area contributed by atoms with E-state index in [1.165, 1.54) is 0 Å². The molecule has 226 valence electrons. The van der Waals surface area contributed by atoms with Crippen molar-refractivity contribution in [1.29, 1.82) is 0 Å². The molecule has 6 nitrogen and oxygen atoms in total. The molecule has 6 heteroatoms. The Morgan fingerprint density at radius 3 is 2.73 bits per heavy atom. The molecule has 0 amide bonds. The highest BCUT2D eigenvalue weighted by Gasteiger charge is 2.86. The van der Waals surface area contributed by atoms with Crippen LogP contribution in [0.25, 0.3) is 0 Å². The van der Waals surface area contributed by atoms with Crippen LogP contribution >= 0.6 is 0 Å². The van der Waals surface area contributed by atoms with Crippen LogP contribution in [0, 0.1) is 51.8 Å². The van der Waals surface area contributed by atoms with E-state index in [4.69, 9.17) is 4.74 Å². The predicted molar refractivity (Wildman–Crippen MR) is 162 cm³/mol. The number of carboxylic acids is 1. The van der Waals surface area contributed by atoms with Gasteiger partial charge in [0, 0.05) is 30.4 Å². The normalized spacial score (nSPS) is 44.4. The van der Waals surface area contributed by atoms with Crippen molar-refractivity contribution in [1.82, 2.24) is 4.90 Å². The summed E-state index contributed by atoms with van der Waals surface area (Å²) in [6.45, 7) is 10.5. The number of likely N-dealkylation sites (N-methyl/N-ethyl adjacent to an activating group) is 1. The first-order valence-electron chi connectivity index (χ1n) is 16.6. The Bertz CT molecular complexity index is 1140. The molecule has 41 heavy (non-hydrogen) atoms. The summed E-state index contributed by atoms with van der Waals surface area (Å²) >= 11 is 0. The Morgan fingerprint density at radius 2 is 2.07 bits per heavy atom. The lowest BCUT2D eigenvalue weighted by molar-refractivity contribution is -0.197. The minimum Gasteiger partial charge on any atom is -0.481 e. The van der Waals surface area contributed by atoms with Crippen molar-refractivity contribution in [3.63, 3.8) is 0 Å². The average Bonchev–Trinajstić information content (AvgIpc) is 3.65. The molecule has 0 spiro atoms. The number of unbranched alkanes of at least 4 members (excludes halogenated alkanes) is 1. The highest BCUT2D eigenvalue weighted by atomic mass is 16.5. The first-order valence-corrected chi connectivity index (χ1v) is 16.6. The highest BCUT2D eigenvalue weighted by molar-refractivity contribution is 5.90. The summed E-state index contributed by atoms with van der Waals surface area (Å²) in [5.74, 6) is 0.900. The molecule has 0 aromatic heterocycles. The van der Waals surface area contributed by atoms with Crippen LogP contribution in [0.1, 0.15) is 91.9 Å². The number of aliphatic imine (C=N–C) groups is 1. The van der Waals surface area contributed by atoms with Crippen LogP contribution in [0.3, 0.4) is 0 Å². The van der Waals surface area contributed by atoms with Gasteiger partial charge >= 0.3 is 5.97 Å². The molecule has 1 saturated heterocycles. The third-order valence-corrected chi connectivity index (χ3v) is 12.7. The van der Waals surface area contributed by atoms with Gasteiger partial charge in [-0.15, -0.1) is 0 Å². The highest BCUT2D eigenvalue weighted by Crippen LogP contribution is 2.84. The lowest BCUT2D eigenvalue weighted by Gasteiger charge is -2.60. The molecule has 4 bridgehead atoms. The van der Waals surface area contributed by atoms with Crippen molar-refractivity contribution >= 4 is 18.5 Å². The maximum Gasteiger partial charge on any atom is 0.315 e. The van der Waals surface area contributed by atoms with E-state index < -0.39 is 22.2 Å². The number of carbonyl (C=O) groups excluding carboxylic acids is 1.